The van der Waals surface area contributed by atoms with Crippen LogP contribution in [0.5, 0.6) is 0 Å². The molecular weight excluding hydrogens is 212 g/mol. The Morgan fingerprint density at radius 3 is 2.69 bits per heavy atom. The van der Waals surface area contributed by atoms with Gasteiger partial charge in [0, 0.05) is 11.5 Å². The van der Waals surface area contributed by atoms with Crippen molar-refractivity contribution in [1.82, 2.24) is 0 Å². The smallest absolute Gasteiger partial charge is 0.463 e. The Morgan fingerprint density at radius 2 is 2.19 bits per heavy atom. The van der Waals surface area contributed by atoms with E-state index in [1.54, 1.807) is 0 Å². The van der Waals surface area contributed by atoms with Gasteiger partial charge in [-0.05, 0) is 12.8 Å². The summed E-state index contributed by atoms with van der Waals surface area (Å²) in [5, 5.41) is 0. The van der Waals surface area contributed by atoms with E-state index >= 15 is 0 Å². The second kappa shape index (κ2) is 5.53. The summed E-state index contributed by atoms with van der Waals surface area (Å²) in [6.45, 7) is 6.19. The fourth-order valence-electron chi connectivity index (χ4n) is 1.46. The van der Waals surface area contributed by atoms with Crippen molar-refractivity contribution in [2.24, 2.45) is 5.41 Å². The van der Waals surface area contributed by atoms with E-state index in [1.165, 1.54) is 0 Å². The Bertz CT molecular complexity index is 274. The molecule has 0 aliphatic carbocycles. The zero-order valence-corrected chi connectivity index (χ0v) is 9.36. The molecule has 0 saturated carbocycles. The lowest BCUT2D eigenvalue weighted by Crippen LogP contribution is -2.39. The Kier molecular flexibility index (Phi) is 4.34. The van der Waals surface area contributed by atoms with E-state index in [0.29, 0.717) is 19.6 Å². The molecule has 0 aromatic rings. The monoisotopic (exact) mass is 228 g/mol. The second-order valence-corrected chi connectivity index (χ2v) is 3.80. The first-order chi connectivity index (χ1) is 7.62. The van der Waals surface area contributed by atoms with Crippen molar-refractivity contribution in [3.63, 3.8) is 0 Å². The van der Waals surface area contributed by atoms with Gasteiger partial charge in [-0.25, -0.2) is 9.59 Å². The van der Waals surface area contributed by atoms with Crippen LogP contribution in [0, 0.1) is 5.41 Å². The number of hydrogen-bond donors (Lipinski definition) is 0. The average Bonchev–Trinajstić information content (AvgIpc) is 2.32. The third kappa shape index (κ3) is 3.25. The SMILES string of the molecule is C=CC(=O)OCCC1(CC)COC(=O)OC1. The lowest BCUT2D eigenvalue weighted by Gasteiger charge is -2.34. The summed E-state index contributed by atoms with van der Waals surface area (Å²) < 4.78 is 14.6. The molecule has 0 unspecified atom stereocenters. The van der Waals surface area contributed by atoms with Crippen molar-refractivity contribution < 1.29 is 23.8 Å². The number of cyclic esters (lactones) is 2. The lowest BCUT2D eigenvalue weighted by molar-refractivity contribution is -0.140. The molecule has 1 aliphatic rings. The number of rotatable bonds is 5. The van der Waals surface area contributed by atoms with Crippen molar-refractivity contribution in [3.05, 3.63) is 12.7 Å². The quantitative estimate of drug-likeness (QED) is 0.529. The van der Waals surface area contributed by atoms with Gasteiger partial charge in [0.25, 0.3) is 0 Å². The largest absolute Gasteiger partial charge is 0.508 e. The summed E-state index contributed by atoms with van der Waals surface area (Å²) >= 11 is 0. The van der Waals surface area contributed by atoms with Gasteiger partial charge in [0.2, 0.25) is 0 Å². The van der Waals surface area contributed by atoms with Gasteiger partial charge in [0.05, 0.1) is 6.61 Å². The van der Waals surface area contributed by atoms with E-state index in [1.807, 2.05) is 6.92 Å². The third-order valence-electron chi connectivity index (χ3n) is 2.79. The molecule has 0 aromatic carbocycles. The Labute approximate surface area is 94.4 Å². The minimum atomic E-state index is -0.632. The van der Waals surface area contributed by atoms with E-state index < -0.39 is 12.1 Å². The van der Waals surface area contributed by atoms with Gasteiger partial charge < -0.3 is 14.2 Å². The van der Waals surface area contributed by atoms with Gasteiger partial charge in [0.15, 0.2) is 0 Å². The predicted molar refractivity (Wildman–Crippen MR) is 55.8 cm³/mol. The Morgan fingerprint density at radius 1 is 1.56 bits per heavy atom. The number of carbonyl (C=O) groups is 2. The molecule has 16 heavy (non-hydrogen) atoms. The van der Waals surface area contributed by atoms with E-state index in [9.17, 15) is 9.59 Å². The molecule has 1 rings (SSSR count). The topological polar surface area (TPSA) is 61.8 Å². The molecule has 5 heteroatoms. The maximum Gasteiger partial charge on any atom is 0.508 e. The molecule has 5 nitrogen and oxygen atoms in total. The van der Waals surface area contributed by atoms with E-state index in [-0.39, 0.29) is 12.0 Å². The zero-order valence-electron chi connectivity index (χ0n) is 9.36. The van der Waals surface area contributed by atoms with Crippen molar-refractivity contribution >= 4 is 12.1 Å². The summed E-state index contributed by atoms with van der Waals surface area (Å²) in [5.74, 6) is -0.444. The number of hydrogen-bond acceptors (Lipinski definition) is 5. The minimum Gasteiger partial charge on any atom is -0.463 e. The van der Waals surface area contributed by atoms with Gasteiger partial charge in [-0.3, -0.25) is 0 Å². The van der Waals surface area contributed by atoms with Crippen LogP contribution in [-0.2, 0) is 19.0 Å². The lowest BCUT2D eigenvalue weighted by atomic mass is 9.83. The maximum absolute atomic E-state index is 10.8. The molecule has 0 amide bonds. The van der Waals surface area contributed by atoms with Crippen LogP contribution >= 0.6 is 0 Å². The molecule has 1 fully saturated rings. The number of ether oxygens (including phenoxy) is 3. The Balaban J connectivity index is 2.39. The van der Waals surface area contributed by atoms with Crippen LogP contribution in [0.15, 0.2) is 12.7 Å². The first-order valence-electron chi connectivity index (χ1n) is 5.20. The van der Waals surface area contributed by atoms with Gasteiger partial charge in [0.1, 0.15) is 13.2 Å². The normalized spacial score (nSPS) is 18.2. The molecular formula is C11H16O5. The van der Waals surface area contributed by atoms with E-state index in [4.69, 9.17) is 14.2 Å². The first kappa shape index (κ1) is 12.5. The first-order valence-corrected chi connectivity index (χ1v) is 5.20. The summed E-state index contributed by atoms with van der Waals surface area (Å²) in [7, 11) is 0. The van der Waals surface area contributed by atoms with Crippen LogP contribution in [0.2, 0.25) is 0 Å². The van der Waals surface area contributed by atoms with Gasteiger partial charge >= 0.3 is 12.1 Å². The molecule has 0 N–H and O–H groups in total. The highest BCUT2D eigenvalue weighted by Gasteiger charge is 2.36. The predicted octanol–water partition coefficient (Wildman–Crippen LogP) is 1.67. The summed E-state index contributed by atoms with van der Waals surface area (Å²) in [5.41, 5.74) is -0.241. The number of esters is 1. The molecule has 1 heterocycles. The molecule has 0 bridgehead atoms. The third-order valence-corrected chi connectivity index (χ3v) is 2.79. The maximum atomic E-state index is 10.8. The molecule has 0 aromatic heterocycles. The average molecular weight is 228 g/mol. The highest BCUT2D eigenvalue weighted by molar-refractivity contribution is 5.81. The van der Waals surface area contributed by atoms with Gasteiger partial charge in [-0.1, -0.05) is 13.5 Å². The van der Waals surface area contributed by atoms with Crippen LogP contribution < -0.4 is 0 Å². The molecule has 0 radical (unpaired) electrons. The highest BCUT2D eigenvalue weighted by atomic mass is 16.7. The standard InChI is InChI=1S/C11H16O5/c1-3-9(12)14-6-5-11(4-2)7-15-10(13)16-8-11/h3H,1,4-8H2,2H3. The number of carbonyl (C=O) groups excluding carboxylic acids is 2. The van der Waals surface area contributed by atoms with Gasteiger partial charge in [-0.15, -0.1) is 0 Å². The summed E-state index contributed by atoms with van der Waals surface area (Å²) in [6.07, 6.45) is 1.89. The molecule has 90 valence electrons. The summed E-state index contributed by atoms with van der Waals surface area (Å²) in [6, 6.07) is 0. The van der Waals surface area contributed by atoms with Crippen molar-refractivity contribution in [1.29, 1.82) is 0 Å². The van der Waals surface area contributed by atoms with Gasteiger partial charge in [-0.2, -0.15) is 0 Å². The van der Waals surface area contributed by atoms with Crippen LogP contribution in [0.4, 0.5) is 4.79 Å². The van der Waals surface area contributed by atoms with Crippen LogP contribution in [0.25, 0.3) is 0 Å². The fourth-order valence-corrected chi connectivity index (χ4v) is 1.46. The Hall–Kier alpha value is -1.52. The van der Waals surface area contributed by atoms with Crippen molar-refractivity contribution in [3.8, 4) is 0 Å². The van der Waals surface area contributed by atoms with Crippen LogP contribution in [-0.4, -0.2) is 31.9 Å². The minimum absolute atomic E-state index is 0.241. The van der Waals surface area contributed by atoms with Crippen LogP contribution in [0.1, 0.15) is 19.8 Å². The van der Waals surface area contributed by atoms with E-state index in [2.05, 4.69) is 6.58 Å². The van der Waals surface area contributed by atoms with Crippen molar-refractivity contribution in [2.75, 3.05) is 19.8 Å². The highest BCUT2D eigenvalue weighted by Crippen LogP contribution is 2.30. The van der Waals surface area contributed by atoms with E-state index in [0.717, 1.165) is 12.5 Å². The molecule has 0 spiro atoms. The summed E-state index contributed by atoms with van der Waals surface area (Å²) in [4.78, 5) is 21.6. The van der Waals surface area contributed by atoms with Crippen molar-refractivity contribution in [2.45, 2.75) is 19.8 Å². The molecule has 1 aliphatic heterocycles. The zero-order chi connectivity index (χ0) is 12.0. The molecule has 1 saturated heterocycles. The second-order valence-electron chi connectivity index (χ2n) is 3.80. The fraction of sp³-hybridized carbons (Fsp3) is 0.636. The molecule has 0 atom stereocenters. The van der Waals surface area contributed by atoms with Crippen LogP contribution in [0.3, 0.4) is 0 Å².